The van der Waals surface area contributed by atoms with E-state index < -0.39 is 0 Å². The molecule has 3 aromatic rings. The Morgan fingerprint density at radius 3 is 2.67 bits per heavy atom. The van der Waals surface area contributed by atoms with Gasteiger partial charge in [-0.1, -0.05) is 12.1 Å². The lowest BCUT2D eigenvalue weighted by Gasteiger charge is -2.08. The summed E-state index contributed by atoms with van der Waals surface area (Å²) in [5, 5.41) is 14.2. The summed E-state index contributed by atoms with van der Waals surface area (Å²) in [7, 11) is 0. The quantitative estimate of drug-likeness (QED) is 0.687. The lowest BCUT2D eigenvalue weighted by atomic mass is 10.2. The number of H-pyrrole nitrogens is 1. The summed E-state index contributed by atoms with van der Waals surface area (Å²) < 4.78 is 0. The van der Waals surface area contributed by atoms with Gasteiger partial charge in [-0.2, -0.15) is 5.10 Å². The van der Waals surface area contributed by atoms with Crippen molar-refractivity contribution in [2.45, 2.75) is 13.5 Å². The molecular formula is C16H16N4O. The second kappa shape index (κ2) is 5.66. The number of fused-ring (bicyclic) bond motifs is 1. The zero-order chi connectivity index (χ0) is 14.7. The maximum atomic E-state index is 11.0. The van der Waals surface area contributed by atoms with Crippen molar-refractivity contribution in [1.29, 1.82) is 0 Å². The smallest absolute Gasteiger partial charge is 0.221 e. The molecule has 0 aliphatic carbocycles. The van der Waals surface area contributed by atoms with Crippen molar-refractivity contribution in [2.24, 2.45) is 0 Å². The van der Waals surface area contributed by atoms with Gasteiger partial charge in [0.15, 0.2) is 0 Å². The monoisotopic (exact) mass is 280 g/mol. The standard InChI is InChI=1S/C16H16N4O/c1-11(21)19-14-5-2-12(3-6-14)9-17-15-7-4-13-10-18-20-16(13)8-15/h2-8,10,17H,9H2,1H3,(H,18,20)(H,19,21). The maximum absolute atomic E-state index is 11.0. The van der Waals surface area contributed by atoms with Crippen LogP contribution in [0.2, 0.25) is 0 Å². The van der Waals surface area contributed by atoms with Gasteiger partial charge in [0.2, 0.25) is 5.91 Å². The number of anilines is 2. The predicted octanol–water partition coefficient (Wildman–Crippen LogP) is 3.13. The molecule has 1 aromatic heterocycles. The van der Waals surface area contributed by atoms with E-state index >= 15 is 0 Å². The molecule has 2 aromatic carbocycles. The van der Waals surface area contributed by atoms with Gasteiger partial charge in [-0.15, -0.1) is 0 Å². The van der Waals surface area contributed by atoms with E-state index in [1.165, 1.54) is 6.92 Å². The average molecular weight is 280 g/mol. The molecule has 5 heteroatoms. The molecule has 3 N–H and O–H groups in total. The van der Waals surface area contributed by atoms with Crippen molar-refractivity contribution in [2.75, 3.05) is 10.6 Å². The fourth-order valence-corrected chi connectivity index (χ4v) is 2.16. The number of carbonyl (C=O) groups excluding carboxylic acids is 1. The van der Waals surface area contributed by atoms with Crippen LogP contribution in [0.5, 0.6) is 0 Å². The molecule has 0 radical (unpaired) electrons. The van der Waals surface area contributed by atoms with Crippen molar-refractivity contribution in [3.05, 3.63) is 54.2 Å². The van der Waals surface area contributed by atoms with Gasteiger partial charge in [-0.05, 0) is 35.9 Å². The van der Waals surface area contributed by atoms with Crippen LogP contribution in [-0.4, -0.2) is 16.1 Å². The van der Waals surface area contributed by atoms with Crippen LogP contribution in [0.25, 0.3) is 10.9 Å². The van der Waals surface area contributed by atoms with Gasteiger partial charge >= 0.3 is 0 Å². The highest BCUT2D eigenvalue weighted by molar-refractivity contribution is 5.88. The third-order valence-electron chi connectivity index (χ3n) is 3.21. The first-order valence-corrected chi connectivity index (χ1v) is 6.74. The minimum absolute atomic E-state index is 0.0614. The van der Waals surface area contributed by atoms with Crippen LogP contribution in [-0.2, 0) is 11.3 Å². The van der Waals surface area contributed by atoms with Gasteiger partial charge in [0.25, 0.3) is 0 Å². The molecule has 0 spiro atoms. The Kier molecular flexibility index (Phi) is 3.55. The number of aromatic nitrogens is 2. The first kappa shape index (κ1) is 13.2. The Labute approximate surface area is 122 Å². The third kappa shape index (κ3) is 3.20. The second-order valence-electron chi connectivity index (χ2n) is 4.90. The number of aromatic amines is 1. The Morgan fingerprint density at radius 2 is 1.90 bits per heavy atom. The highest BCUT2D eigenvalue weighted by Crippen LogP contribution is 2.17. The number of nitrogens with zero attached hydrogens (tertiary/aromatic N) is 1. The summed E-state index contributed by atoms with van der Waals surface area (Å²) in [4.78, 5) is 11.0. The minimum atomic E-state index is -0.0614. The third-order valence-corrected chi connectivity index (χ3v) is 3.21. The van der Waals surface area contributed by atoms with Gasteiger partial charge in [-0.25, -0.2) is 0 Å². The van der Waals surface area contributed by atoms with Gasteiger partial charge in [-0.3, -0.25) is 9.89 Å². The molecule has 106 valence electrons. The Bertz CT molecular complexity index is 761. The normalized spacial score (nSPS) is 10.5. The molecule has 0 aliphatic rings. The topological polar surface area (TPSA) is 69.8 Å². The van der Waals surface area contributed by atoms with Crippen molar-refractivity contribution >= 4 is 28.2 Å². The molecular weight excluding hydrogens is 264 g/mol. The van der Waals surface area contributed by atoms with E-state index in [1.807, 2.05) is 42.5 Å². The minimum Gasteiger partial charge on any atom is -0.381 e. The number of rotatable bonds is 4. The molecule has 1 amide bonds. The largest absolute Gasteiger partial charge is 0.381 e. The molecule has 0 aliphatic heterocycles. The Balaban J connectivity index is 1.65. The highest BCUT2D eigenvalue weighted by atomic mass is 16.1. The molecule has 0 saturated heterocycles. The summed E-state index contributed by atoms with van der Waals surface area (Å²) in [5.41, 5.74) is 4.01. The Morgan fingerprint density at radius 1 is 1.14 bits per heavy atom. The van der Waals surface area contributed by atoms with Crippen LogP contribution < -0.4 is 10.6 Å². The molecule has 3 rings (SSSR count). The van der Waals surface area contributed by atoms with E-state index in [1.54, 1.807) is 6.20 Å². The fourth-order valence-electron chi connectivity index (χ4n) is 2.16. The van der Waals surface area contributed by atoms with Gasteiger partial charge in [0.05, 0.1) is 11.7 Å². The van der Waals surface area contributed by atoms with Crippen molar-refractivity contribution in [3.8, 4) is 0 Å². The molecule has 0 saturated carbocycles. The molecule has 5 nitrogen and oxygen atoms in total. The second-order valence-corrected chi connectivity index (χ2v) is 4.90. The summed E-state index contributed by atoms with van der Waals surface area (Å²) in [6, 6.07) is 13.9. The molecule has 0 unspecified atom stereocenters. The van der Waals surface area contributed by atoms with Gasteiger partial charge < -0.3 is 10.6 Å². The van der Waals surface area contributed by atoms with E-state index in [0.29, 0.717) is 0 Å². The Hall–Kier alpha value is -2.82. The highest BCUT2D eigenvalue weighted by Gasteiger charge is 1.99. The van der Waals surface area contributed by atoms with E-state index in [9.17, 15) is 4.79 Å². The lowest BCUT2D eigenvalue weighted by Crippen LogP contribution is -2.06. The average Bonchev–Trinajstić information content (AvgIpc) is 2.93. The summed E-state index contributed by atoms with van der Waals surface area (Å²) in [5.74, 6) is -0.0614. The lowest BCUT2D eigenvalue weighted by molar-refractivity contribution is -0.114. The summed E-state index contributed by atoms with van der Waals surface area (Å²) in [6.45, 7) is 2.22. The molecule has 0 atom stereocenters. The van der Waals surface area contributed by atoms with Crippen molar-refractivity contribution in [1.82, 2.24) is 10.2 Å². The number of nitrogens with one attached hydrogen (secondary N) is 3. The zero-order valence-electron chi connectivity index (χ0n) is 11.7. The van der Waals surface area contributed by atoms with E-state index in [2.05, 4.69) is 20.8 Å². The number of amides is 1. The maximum Gasteiger partial charge on any atom is 0.221 e. The van der Waals surface area contributed by atoms with Crippen LogP contribution in [0.1, 0.15) is 12.5 Å². The number of hydrogen-bond donors (Lipinski definition) is 3. The first-order chi connectivity index (χ1) is 10.2. The van der Waals surface area contributed by atoms with E-state index in [4.69, 9.17) is 0 Å². The number of benzene rings is 2. The molecule has 1 heterocycles. The van der Waals surface area contributed by atoms with E-state index in [-0.39, 0.29) is 5.91 Å². The fraction of sp³-hybridized carbons (Fsp3) is 0.125. The van der Waals surface area contributed by atoms with Crippen molar-refractivity contribution < 1.29 is 4.79 Å². The van der Waals surface area contributed by atoms with Crippen molar-refractivity contribution in [3.63, 3.8) is 0 Å². The number of carbonyl (C=O) groups is 1. The van der Waals surface area contributed by atoms with Crippen LogP contribution in [0.4, 0.5) is 11.4 Å². The molecule has 0 fully saturated rings. The zero-order valence-corrected chi connectivity index (χ0v) is 11.7. The van der Waals surface area contributed by atoms with Crippen LogP contribution >= 0.6 is 0 Å². The van der Waals surface area contributed by atoms with Crippen LogP contribution in [0.15, 0.2) is 48.7 Å². The van der Waals surface area contributed by atoms with Crippen LogP contribution in [0, 0.1) is 0 Å². The van der Waals surface area contributed by atoms with E-state index in [0.717, 1.165) is 34.4 Å². The van der Waals surface area contributed by atoms with Gasteiger partial charge in [0, 0.05) is 30.2 Å². The van der Waals surface area contributed by atoms with Crippen LogP contribution in [0.3, 0.4) is 0 Å². The number of hydrogen-bond acceptors (Lipinski definition) is 3. The summed E-state index contributed by atoms with van der Waals surface area (Å²) in [6.07, 6.45) is 1.81. The predicted molar refractivity (Wildman–Crippen MR) is 84.2 cm³/mol. The first-order valence-electron chi connectivity index (χ1n) is 6.74. The SMILES string of the molecule is CC(=O)Nc1ccc(CNc2ccc3cn[nH]c3c2)cc1. The molecule has 21 heavy (non-hydrogen) atoms. The van der Waals surface area contributed by atoms with Gasteiger partial charge in [0.1, 0.15) is 0 Å². The molecule has 0 bridgehead atoms. The summed E-state index contributed by atoms with van der Waals surface area (Å²) >= 11 is 0.